The predicted molar refractivity (Wildman–Crippen MR) is 62.8 cm³/mol. The summed E-state index contributed by atoms with van der Waals surface area (Å²) in [7, 11) is 1.34. The first kappa shape index (κ1) is 13.1. The molecule has 0 aromatic heterocycles. The van der Waals surface area contributed by atoms with Gasteiger partial charge in [0.25, 0.3) is 5.91 Å². The third kappa shape index (κ3) is 2.58. The summed E-state index contributed by atoms with van der Waals surface area (Å²) >= 11 is 0. The highest BCUT2D eigenvalue weighted by Gasteiger charge is 2.35. The molecule has 17 heavy (non-hydrogen) atoms. The van der Waals surface area contributed by atoms with Gasteiger partial charge in [-0.15, -0.1) is 0 Å². The number of aliphatic imine (C=N–C) groups is 1. The number of hydrogen-bond acceptors (Lipinski definition) is 3. The molecule has 0 bridgehead atoms. The Kier molecular flexibility index (Phi) is 4.14. The van der Waals surface area contributed by atoms with Crippen molar-refractivity contribution < 1.29 is 14.4 Å². The fraction of sp³-hybridized carbons (Fsp3) is 0.455. The molecule has 0 aromatic carbocycles. The summed E-state index contributed by atoms with van der Waals surface area (Å²) < 4.78 is 0. The summed E-state index contributed by atoms with van der Waals surface area (Å²) in [6.45, 7) is 5.57. The highest BCUT2D eigenvalue weighted by molar-refractivity contribution is 6.33. The Labute approximate surface area is 99.4 Å². The van der Waals surface area contributed by atoms with Crippen molar-refractivity contribution in [3.8, 4) is 0 Å². The minimum atomic E-state index is -0.854. The van der Waals surface area contributed by atoms with E-state index in [0.717, 1.165) is 12.8 Å². The van der Waals surface area contributed by atoms with E-state index in [1.807, 2.05) is 6.92 Å². The number of carbonyl (C=O) groups excluding carboxylic acids is 3. The number of unbranched alkanes of at least 4 members (excludes halogenated alkanes) is 1. The van der Waals surface area contributed by atoms with E-state index in [1.54, 1.807) is 0 Å². The third-order valence-electron chi connectivity index (χ3n) is 2.42. The van der Waals surface area contributed by atoms with Crippen molar-refractivity contribution in [2.75, 3.05) is 7.05 Å². The average molecular weight is 237 g/mol. The van der Waals surface area contributed by atoms with Gasteiger partial charge in [-0.1, -0.05) is 19.9 Å². The highest BCUT2D eigenvalue weighted by Crippen LogP contribution is 2.16. The first-order chi connectivity index (χ1) is 8.02. The molecule has 92 valence electrons. The SMILES string of the molecule is C=C1C(=O)N(C(=O)NC)C(=O)N=C1CCCC. The first-order valence-corrected chi connectivity index (χ1v) is 5.39. The number of amides is 5. The van der Waals surface area contributed by atoms with E-state index in [9.17, 15) is 14.4 Å². The lowest BCUT2D eigenvalue weighted by molar-refractivity contribution is -0.121. The summed E-state index contributed by atoms with van der Waals surface area (Å²) in [5.41, 5.74) is 0.489. The molecule has 0 atom stereocenters. The Morgan fingerprint density at radius 1 is 1.47 bits per heavy atom. The lowest BCUT2D eigenvalue weighted by Gasteiger charge is -2.22. The summed E-state index contributed by atoms with van der Waals surface area (Å²) in [5, 5.41) is 2.21. The number of imide groups is 3. The summed E-state index contributed by atoms with van der Waals surface area (Å²) in [5.74, 6) is -0.699. The van der Waals surface area contributed by atoms with Gasteiger partial charge in [-0.3, -0.25) is 4.79 Å². The van der Waals surface area contributed by atoms with Gasteiger partial charge in [-0.05, 0) is 12.8 Å². The fourth-order valence-corrected chi connectivity index (χ4v) is 1.42. The van der Waals surface area contributed by atoms with E-state index < -0.39 is 18.0 Å². The molecule has 6 nitrogen and oxygen atoms in total. The van der Waals surface area contributed by atoms with Crippen LogP contribution in [-0.2, 0) is 4.79 Å². The van der Waals surface area contributed by atoms with Gasteiger partial charge in [0, 0.05) is 7.05 Å². The van der Waals surface area contributed by atoms with Crippen molar-refractivity contribution in [2.24, 2.45) is 4.99 Å². The zero-order chi connectivity index (χ0) is 13.0. The normalized spacial score (nSPS) is 16.0. The second-order valence-corrected chi connectivity index (χ2v) is 3.62. The van der Waals surface area contributed by atoms with Crippen LogP contribution in [0, 0.1) is 0 Å². The van der Waals surface area contributed by atoms with E-state index in [4.69, 9.17) is 0 Å². The molecule has 5 amide bonds. The molecule has 0 saturated carbocycles. The maximum Gasteiger partial charge on any atom is 0.359 e. The van der Waals surface area contributed by atoms with Gasteiger partial charge in [0.15, 0.2) is 0 Å². The van der Waals surface area contributed by atoms with Crippen LogP contribution in [0.4, 0.5) is 9.59 Å². The largest absolute Gasteiger partial charge is 0.359 e. The maximum atomic E-state index is 11.8. The number of rotatable bonds is 3. The van der Waals surface area contributed by atoms with Crippen LogP contribution in [0.5, 0.6) is 0 Å². The Morgan fingerprint density at radius 2 is 2.12 bits per heavy atom. The summed E-state index contributed by atoms with van der Waals surface area (Å²) in [6, 6.07) is -1.65. The molecule has 0 fully saturated rings. The van der Waals surface area contributed by atoms with Gasteiger partial charge >= 0.3 is 12.1 Å². The van der Waals surface area contributed by atoms with Crippen LogP contribution in [0.3, 0.4) is 0 Å². The van der Waals surface area contributed by atoms with E-state index in [2.05, 4.69) is 16.9 Å². The van der Waals surface area contributed by atoms with Crippen LogP contribution in [0.1, 0.15) is 26.2 Å². The molecule has 6 heteroatoms. The number of carbonyl (C=O) groups is 3. The molecule has 1 aliphatic rings. The maximum absolute atomic E-state index is 11.8. The summed E-state index contributed by atoms with van der Waals surface area (Å²) in [6.07, 6.45) is 2.26. The summed E-state index contributed by atoms with van der Waals surface area (Å²) in [4.78, 5) is 38.8. The van der Waals surface area contributed by atoms with Gasteiger partial charge in [0.05, 0.1) is 11.3 Å². The molecular weight excluding hydrogens is 222 g/mol. The molecule has 1 heterocycles. The zero-order valence-corrected chi connectivity index (χ0v) is 9.95. The van der Waals surface area contributed by atoms with Gasteiger partial charge in [-0.2, -0.15) is 9.89 Å². The number of nitrogens with one attached hydrogen (secondary N) is 1. The van der Waals surface area contributed by atoms with Crippen molar-refractivity contribution in [2.45, 2.75) is 26.2 Å². The minimum Gasteiger partial charge on any atom is -0.340 e. The number of urea groups is 2. The van der Waals surface area contributed by atoms with Crippen LogP contribution in [0.15, 0.2) is 17.1 Å². The number of nitrogens with zero attached hydrogens (tertiary/aromatic N) is 2. The molecule has 0 radical (unpaired) electrons. The van der Waals surface area contributed by atoms with Crippen molar-refractivity contribution in [3.05, 3.63) is 12.2 Å². The van der Waals surface area contributed by atoms with Crippen molar-refractivity contribution in [3.63, 3.8) is 0 Å². The fourth-order valence-electron chi connectivity index (χ4n) is 1.42. The lowest BCUT2D eigenvalue weighted by Crippen LogP contribution is -2.49. The van der Waals surface area contributed by atoms with Crippen molar-refractivity contribution in [1.29, 1.82) is 0 Å². The van der Waals surface area contributed by atoms with Crippen LogP contribution in [-0.4, -0.2) is 35.6 Å². The third-order valence-corrected chi connectivity index (χ3v) is 2.42. The van der Waals surface area contributed by atoms with E-state index >= 15 is 0 Å². The molecule has 0 aliphatic carbocycles. The predicted octanol–water partition coefficient (Wildman–Crippen LogP) is 1.48. The zero-order valence-electron chi connectivity index (χ0n) is 9.95. The Bertz CT molecular complexity index is 412. The van der Waals surface area contributed by atoms with Gasteiger partial charge in [0.2, 0.25) is 0 Å². The molecule has 0 spiro atoms. The molecular formula is C11H15N3O3. The van der Waals surface area contributed by atoms with Crippen LogP contribution in [0.25, 0.3) is 0 Å². The second-order valence-electron chi connectivity index (χ2n) is 3.62. The standard InChI is InChI=1S/C11H15N3O3/c1-4-5-6-8-7(2)9(15)14(10(16)12-3)11(17)13-8/h2,4-6H2,1,3H3,(H,12,16). The topological polar surface area (TPSA) is 78.8 Å². The van der Waals surface area contributed by atoms with Gasteiger partial charge < -0.3 is 5.32 Å². The van der Waals surface area contributed by atoms with Gasteiger partial charge in [-0.25, -0.2) is 9.59 Å². The van der Waals surface area contributed by atoms with Crippen LogP contribution in [0.2, 0.25) is 0 Å². The molecule has 0 saturated heterocycles. The number of hydrogen-bond donors (Lipinski definition) is 1. The van der Waals surface area contributed by atoms with E-state index in [1.165, 1.54) is 7.05 Å². The minimum absolute atomic E-state index is 0.113. The smallest absolute Gasteiger partial charge is 0.340 e. The van der Waals surface area contributed by atoms with Crippen LogP contribution >= 0.6 is 0 Å². The Hall–Kier alpha value is -1.98. The molecule has 1 aliphatic heterocycles. The van der Waals surface area contributed by atoms with E-state index in [0.29, 0.717) is 17.0 Å². The quantitative estimate of drug-likeness (QED) is 0.755. The molecule has 0 unspecified atom stereocenters. The van der Waals surface area contributed by atoms with Crippen molar-refractivity contribution >= 4 is 23.7 Å². The van der Waals surface area contributed by atoms with Crippen molar-refractivity contribution in [1.82, 2.24) is 10.2 Å². The van der Waals surface area contributed by atoms with Crippen LogP contribution < -0.4 is 5.32 Å². The first-order valence-electron chi connectivity index (χ1n) is 5.39. The Balaban J connectivity index is 2.97. The van der Waals surface area contributed by atoms with Gasteiger partial charge in [0.1, 0.15) is 0 Å². The molecule has 0 aromatic rings. The lowest BCUT2D eigenvalue weighted by atomic mass is 10.0. The molecule has 1 N–H and O–H groups in total. The monoisotopic (exact) mass is 237 g/mol. The molecule has 1 rings (SSSR count). The Morgan fingerprint density at radius 3 is 2.65 bits per heavy atom. The average Bonchev–Trinajstić information content (AvgIpc) is 2.31. The highest BCUT2D eigenvalue weighted by atomic mass is 16.2. The van der Waals surface area contributed by atoms with E-state index in [-0.39, 0.29) is 5.57 Å². The second kappa shape index (κ2) is 5.38.